The highest BCUT2D eigenvalue weighted by atomic mass is 16.5. The van der Waals surface area contributed by atoms with Gasteiger partial charge in [0.1, 0.15) is 0 Å². The zero-order valence-electron chi connectivity index (χ0n) is 12.2. The Morgan fingerprint density at radius 1 is 1.50 bits per heavy atom. The largest absolute Gasteiger partial charge is 0.383 e. The highest BCUT2D eigenvalue weighted by molar-refractivity contribution is 5.79. The third-order valence-electron chi connectivity index (χ3n) is 3.18. The van der Waals surface area contributed by atoms with E-state index < -0.39 is 0 Å². The third-order valence-corrected chi connectivity index (χ3v) is 3.18. The van der Waals surface area contributed by atoms with E-state index in [1.165, 1.54) is 12.8 Å². The topological polar surface area (TPSA) is 48.9 Å². The van der Waals surface area contributed by atoms with Crippen LogP contribution in [0.2, 0.25) is 0 Å². The summed E-state index contributed by atoms with van der Waals surface area (Å²) in [6.07, 6.45) is 2.73. The number of likely N-dealkylation sites (N-methyl/N-ethyl adjacent to an activating group) is 1. The molecule has 1 fully saturated rings. The molecule has 0 aliphatic heterocycles. The van der Waals surface area contributed by atoms with E-state index in [1.807, 2.05) is 0 Å². The van der Waals surface area contributed by atoms with Gasteiger partial charge in [-0.15, -0.1) is 0 Å². The Bertz CT molecular complexity index is 253. The van der Waals surface area contributed by atoms with E-state index in [2.05, 4.69) is 34.4 Å². The van der Waals surface area contributed by atoms with Crippen molar-refractivity contribution in [2.45, 2.75) is 38.8 Å². The van der Waals surface area contributed by atoms with Crippen LogP contribution in [-0.2, 0) is 4.74 Å². The smallest absolute Gasteiger partial charge is 0.191 e. The van der Waals surface area contributed by atoms with Crippen LogP contribution in [0, 0.1) is 0 Å². The second-order valence-corrected chi connectivity index (χ2v) is 4.86. The summed E-state index contributed by atoms with van der Waals surface area (Å²) in [4.78, 5) is 6.74. The van der Waals surface area contributed by atoms with Gasteiger partial charge in [-0.05, 0) is 26.3 Å². The van der Waals surface area contributed by atoms with Crippen molar-refractivity contribution in [1.29, 1.82) is 0 Å². The van der Waals surface area contributed by atoms with E-state index in [-0.39, 0.29) is 6.04 Å². The summed E-state index contributed by atoms with van der Waals surface area (Å²) in [5.41, 5.74) is 0. The molecule has 0 spiro atoms. The summed E-state index contributed by atoms with van der Waals surface area (Å²) < 4.78 is 5.10. The molecule has 0 saturated heterocycles. The van der Waals surface area contributed by atoms with Gasteiger partial charge >= 0.3 is 0 Å². The average Bonchev–Trinajstić information content (AvgIpc) is 3.17. The quantitative estimate of drug-likeness (QED) is 0.495. The summed E-state index contributed by atoms with van der Waals surface area (Å²) in [7, 11) is 3.51. The van der Waals surface area contributed by atoms with E-state index in [9.17, 15) is 0 Å². The summed E-state index contributed by atoms with van der Waals surface area (Å²) in [6.45, 7) is 8.15. The van der Waals surface area contributed by atoms with Gasteiger partial charge in [-0.25, -0.2) is 0 Å². The van der Waals surface area contributed by atoms with Gasteiger partial charge in [0.15, 0.2) is 5.96 Å². The summed E-state index contributed by atoms with van der Waals surface area (Å²) >= 11 is 0. The molecule has 1 unspecified atom stereocenters. The minimum Gasteiger partial charge on any atom is -0.383 e. The van der Waals surface area contributed by atoms with Crippen LogP contribution in [-0.4, -0.2) is 63.3 Å². The second-order valence-electron chi connectivity index (χ2n) is 4.86. The van der Waals surface area contributed by atoms with Gasteiger partial charge in [0.2, 0.25) is 0 Å². The Kier molecular flexibility index (Phi) is 7.05. The highest BCUT2D eigenvalue weighted by Crippen LogP contribution is 2.25. The van der Waals surface area contributed by atoms with Crippen molar-refractivity contribution in [3.05, 3.63) is 0 Å². The lowest BCUT2D eigenvalue weighted by molar-refractivity contribution is 0.179. The predicted octanol–water partition coefficient (Wildman–Crippen LogP) is 0.671. The number of methoxy groups -OCH3 is 1. The molecule has 18 heavy (non-hydrogen) atoms. The van der Waals surface area contributed by atoms with Gasteiger partial charge in [0, 0.05) is 39.3 Å². The van der Waals surface area contributed by atoms with Crippen LogP contribution in [0.15, 0.2) is 4.99 Å². The SMILES string of the molecule is CCN(CCNC(=NC)NC(C)COC)C1CC1. The predicted molar refractivity (Wildman–Crippen MR) is 76.1 cm³/mol. The van der Waals surface area contributed by atoms with Gasteiger partial charge in [-0.1, -0.05) is 6.92 Å². The number of hydrogen-bond donors (Lipinski definition) is 2. The molecule has 0 bridgehead atoms. The first-order chi connectivity index (χ1) is 8.71. The molecule has 0 aromatic heterocycles. The fourth-order valence-electron chi connectivity index (χ4n) is 2.08. The zero-order chi connectivity index (χ0) is 13.4. The standard InChI is InChI=1S/C13H28N4O/c1-5-17(12-6-7-12)9-8-15-13(14-3)16-11(2)10-18-4/h11-12H,5-10H2,1-4H3,(H2,14,15,16). The molecule has 0 radical (unpaired) electrons. The normalized spacial score (nSPS) is 17.9. The van der Waals surface area contributed by atoms with E-state index >= 15 is 0 Å². The zero-order valence-corrected chi connectivity index (χ0v) is 12.2. The summed E-state index contributed by atoms with van der Waals surface area (Å²) in [5.74, 6) is 0.853. The molecule has 2 N–H and O–H groups in total. The number of aliphatic imine (C=N–C) groups is 1. The fraction of sp³-hybridized carbons (Fsp3) is 0.923. The van der Waals surface area contributed by atoms with E-state index in [4.69, 9.17) is 4.74 Å². The van der Waals surface area contributed by atoms with E-state index in [0.29, 0.717) is 6.61 Å². The molecule has 1 rings (SSSR count). The van der Waals surface area contributed by atoms with E-state index in [0.717, 1.165) is 31.6 Å². The van der Waals surface area contributed by atoms with Gasteiger partial charge in [0.25, 0.3) is 0 Å². The molecule has 0 heterocycles. The first-order valence-electron chi connectivity index (χ1n) is 6.91. The van der Waals surface area contributed by atoms with Crippen LogP contribution >= 0.6 is 0 Å². The van der Waals surface area contributed by atoms with Crippen LogP contribution < -0.4 is 10.6 Å². The lowest BCUT2D eigenvalue weighted by Crippen LogP contribution is -2.46. The first-order valence-corrected chi connectivity index (χ1v) is 6.91. The molecule has 5 heteroatoms. The average molecular weight is 256 g/mol. The molecule has 5 nitrogen and oxygen atoms in total. The molecular formula is C13H28N4O. The Hall–Kier alpha value is -0.810. The van der Waals surface area contributed by atoms with Gasteiger partial charge in [0.05, 0.1) is 6.61 Å². The number of hydrogen-bond acceptors (Lipinski definition) is 3. The lowest BCUT2D eigenvalue weighted by Gasteiger charge is -2.22. The van der Waals surface area contributed by atoms with Gasteiger partial charge < -0.3 is 15.4 Å². The molecule has 106 valence electrons. The Labute approximate surface area is 111 Å². The highest BCUT2D eigenvalue weighted by Gasteiger charge is 2.27. The van der Waals surface area contributed by atoms with Crippen LogP contribution in [0.25, 0.3) is 0 Å². The van der Waals surface area contributed by atoms with Crippen LogP contribution in [0.3, 0.4) is 0 Å². The van der Waals surface area contributed by atoms with Crippen molar-refractivity contribution < 1.29 is 4.74 Å². The number of nitrogens with one attached hydrogen (secondary N) is 2. The Balaban J connectivity index is 2.18. The molecule has 0 aromatic carbocycles. The molecule has 0 amide bonds. The molecule has 0 aromatic rings. The fourth-order valence-corrected chi connectivity index (χ4v) is 2.08. The first kappa shape index (κ1) is 15.2. The lowest BCUT2D eigenvalue weighted by atomic mass is 10.4. The Morgan fingerprint density at radius 2 is 2.22 bits per heavy atom. The molecule has 1 aliphatic carbocycles. The van der Waals surface area contributed by atoms with Crippen molar-refractivity contribution in [3.8, 4) is 0 Å². The van der Waals surface area contributed by atoms with Crippen LogP contribution in [0.1, 0.15) is 26.7 Å². The van der Waals surface area contributed by atoms with E-state index in [1.54, 1.807) is 14.2 Å². The number of ether oxygens (including phenoxy) is 1. The molecule has 1 aliphatic rings. The van der Waals surface area contributed by atoms with Crippen molar-refractivity contribution in [2.24, 2.45) is 4.99 Å². The third kappa shape index (κ3) is 5.69. The second kappa shape index (κ2) is 8.32. The van der Waals surface area contributed by atoms with Crippen LogP contribution in [0.4, 0.5) is 0 Å². The maximum atomic E-state index is 5.10. The molecule has 1 atom stereocenters. The van der Waals surface area contributed by atoms with Crippen LogP contribution in [0.5, 0.6) is 0 Å². The van der Waals surface area contributed by atoms with Crippen molar-refractivity contribution in [1.82, 2.24) is 15.5 Å². The summed E-state index contributed by atoms with van der Waals surface area (Å²) in [6, 6.07) is 1.10. The maximum Gasteiger partial charge on any atom is 0.191 e. The molecule has 1 saturated carbocycles. The van der Waals surface area contributed by atoms with Gasteiger partial charge in [-0.2, -0.15) is 0 Å². The number of nitrogens with zero attached hydrogens (tertiary/aromatic N) is 2. The minimum absolute atomic E-state index is 0.270. The minimum atomic E-state index is 0.270. The van der Waals surface area contributed by atoms with Crippen molar-refractivity contribution in [2.75, 3.05) is 40.4 Å². The number of guanidine groups is 1. The van der Waals surface area contributed by atoms with Gasteiger partial charge in [-0.3, -0.25) is 9.89 Å². The summed E-state index contributed by atoms with van der Waals surface area (Å²) in [5, 5.41) is 6.65. The number of rotatable bonds is 8. The van der Waals surface area contributed by atoms with Crippen molar-refractivity contribution >= 4 is 5.96 Å². The maximum absolute atomic E-state index is 5.10. The van der Waals surface area contributed by atoms with Crippen molar-refractivity contribution in [3.63, 3.8) is 0 Å². The Morgan fingerprint density at radius 3 is 2.72 bits per heavy atom. The monoisotopic (exact) mass is 256 g/mol. The molecular weight excluding hydrogens is 228 g/mol.